The number of amides is 2. The third kappa shape index (κ3) is 5.95. The molecule has 0 unspecified atom stereocenters. The highest BCUT2D eigenvalue weighted by Gasteiger charge is 2.35. The fraction of sp³-hybridized carbons (Fsp3) is 0.391. The summed E-state index contributed by atoms with van der Waals surface area (Å²) < 4.78 is 44.4. The van der Waals surface area contributed by atoms with Gasteiger partial charge in [0.25, 0.3) is 5.91 Å². The Hall–Kier alpha value is -2.82. The SMILES string of the molecule is CN(C)S(=O)(=O)c1cccc(C(=O)NCC(=O)NCC2(c3ccc(F)cc3)CCOCC2)c1. The lowest BCUT2D eigenvalue weighted by atomic mass is 9.74. The molecule has 1 heterocycles. The van der Waals surface area contributed by atoms with Gasteiger partial charge in [-0.05, 0) is 48.7 Å². The van der Waals surface area contributed by atoms with Crippen molar-refractivity contribution in [1.29, 1.82) is 0 Å². The molecule has 3 rings (SSSR count). The van der Waals surface area contributed by atoms with Crippen LogP contribution >= 0.6 is 0 Å². The normalized spacial score (nSPS) is 15.8. The first kappa shape index (κ1) is 24.8. The van der Waals surface area contributed by atoms with Crippen molar-refractivity contribution in [3.8, 4) is 0 Å². The van der Waals surface area contributed by atoms with E-state index in [4.69, 9.17) is 4.74 Å². The first-order chi connectivity index (χ1) is 15.6. The first-order valence-corrected chi connectivity index (χ1v) is 12.0. The fourth-order valence-electron chi connectivity index (χ4n) is 3.73. The van der Waals surface area contributed by atoms with E-state index < -0.39 is 15.9 Å². The molecule has 33 heavy (non-hydrogen) atoms. The Labute approximate surface area is 193 Å². The van der Waals surface area contributed by atoms with E-state index in [1.54, 1.807) is 12.1 Å². The van der Waals surface area contributed by atoms with Crippen LogP contribution < -0.4 is 10.6 Å². The molecule has 2 aromatic carbocycles. The Kier molecular flexibility index (Phi) is 7.83. The summed E-state index contributed by atoms with van der Waals surface area (Å²) in [4.78, 5) is 24.9. The standard InChI is InChI=1S/C23H28FN3O5S/c1-27(2)33(30,31)20-5-3-4-17(14-20)22(29)25-15-21(28)26-16-23(10-12-32-13-11-23)18-6-8-19(24)9-7-18/h3-9,14H,10-13,15-16H2,1-2H3,(H,25,29)(H,26,28). The van der Waals surface area contributed by atoms with Crippen molar-refractivity contribution in [1.82, 2.24) is 14.9 Å². The maximum Gasteiger partial charge on any atom is 0.251 e. The van der Waals surface area contributed by atoms with Crippen molar-refractivity contribution >= 4 is 21.8 Å². The smallest absolute Gasteiger partial charge is 0.251 e. The van der Waals surface area contributed by atoms with Crippen LogP contribution in [0.3, 0.4) is 0 Å². The lowest BCUT2D eigenvalue weighted by molar-refractivity contribution is -0.120. The third-order valence-electron chi connectivity index (χ3n) is 5.81. The van der Waals surface area contributed by atoms with Crippen molar-refractivity contribution in [2.24, 2.45) is 0 Å². The van der Waals surface area contributed by atoms with Gasteiger partial charge in [-0.2, -0.15) is 0 Å². The van der Waals surface area contributed by atoms with Gasteiger partial charge in [-0.3, -0.25) is 9.59 Å². The molecule has 0 spiro atoms. The molecule has 1 aliphatic rings. The van der Waals surface area contributed by atoms with Crippen LogP contribution in [0.2, 0.25) is 0 Å². The third-order valence-corrected chi connectivity index (χ3v) is 7.63. The minimum Gasteiger partial charge on any atom is -0.381 e. The Morgan fingerprint density at radius 1 is 1.06 bits per heavy atom. The number of benzene rings is 2. The summed E-state index contributed by atoms with van der Waals surface area (Å²) in [7, 11) is -0.868. The van der Waals surface area contributed by atoms with Gasteiger partial charge in [0.15, 0.2) is 0 Å². The van der Waals surface area contributed by atoms with Gasteiger partial charge in [-0.1, -0.05) is 18.2 Å². The monoisotopic (exact) mass is 477 g/mol. The highest BCUT2D eigenvalue weighted by atomic mass is 32.2. The number of sulfonamides is 1. The molecule has 10 heteroatoms. The minimum atomic E-state index is -3.68. The number of ether oxygens (including phenoxy) is 1. The van der Waals surface area contributed by atoms with E-state index in [0.29, 0.717) is 32.6 Å². The van der Waals surface area contributed by atoms with Gasteiger partial charge < -0.3 is 15.4 Å². The van der Waals surface area contributed by atoms with Gasteiger partial charge >= 0.3 is 0 Å². The summed E-state index contributed by atoms with van der Waals surface area (Å²) in [5, 5.41) is 5.38. The molecular weight excluding hydrogens is 449 g/mol. The van der Waals surface area contributed by atoms with Crippen LogP contribution in [0.1, 0.15) is 28.8 Å². The highest BCUT2D eigenvalue weighted by Crippen LogP contribution is 2.34. The quantitative estimate of drug-likeness (QED) is 0.602. The summed E-state index contributed by atoms with van der Waals surface area (Å²) >= 11 is 0. The first-order valence-electron chi connectivity index (χ1n) is 10.6. The number of hydrogen-bond acceptors (Lipinski definition) is 5. The maximum atomic E-state index is 13.4. The Bertz CT molecular complexity index is 1100. The summed E-state index contributed by atoms with van der Waals surface area (Å²) in [6, 6.07) is 11.9. The lowest BCUT2D eigenvalue weighted by Gasteiger charge is -2.38. The van der Waals surface area contributed by atoms with Crippen LogP contribution in [0.25, 0.3) is 0 Å². The molecule has 2 N–H and O–H groups in total. The van der Waals surface area contributed by atoms with Crippen molar-refractivity contribution in [2.75, 3.05) is 40.4 Å². The Balaban J connectivity index is 1.61. The molecule has 2 amide bonds. The molecule has 178 valence electrons. The predicted molar refractivity (Wildman–Crippen MR) is 121 cm³/mol. The molecule has 1 fully saturated rings. The van der Waals surface area contributed by atoms with Crippen LogP contribution in [0.5, 0.6) is 0 Å². The largest absolute Gasteiger partial charge is 0.381 e. The van der Waals surface area contributed by atoms with Crippen molar-refractivity contribution in [3.05, 3.63) is 65.5 Å². The van der Waals surface area contributed by atoms with Gasteiger partial charge in [0.05, 0.1) is 11.4 Å². The van der Waals surface area contributed by atoms with E-state index in [2.05, 4.69) is 10.6 Å². The zero-order valence-electron chi connectivity index (χ0n) is 18.6. The van der Waals surface area contributed by atoms with Gasteiger partial charge in [-0.25, -0.2) is 17.1 Å². The van der Waals surface area contributed by atoms with Crippen LogP contribution in [-0.4, -0.2) is 64.9 Å². The number of halogens is 1. The van der Waals surface area contributed by atoms with Crippen LogP contribution in [0, 0.1) is 5.82 Å². The van der Waals surface area contributed by atoms with Gasteiger partial charge in [0.2, 0.25) is 15.9 Å². The molecule has 1 saturated heterocycles. The topological polar surface area (TPSA) is 105 Å². The molecule has 0 radical (unpaired) electrons. The Morgan fingerprint density at radius 2 is 1.73 bits per heavy atom. The summed E-state index contributed by atoms with van der Waals surface area (Å²) in [6.45, 7) is 1.14. The second-order valence-corrected chi connectivity index (χ2v) is 10.3. The second-order valence-electron chi connectivity index (χ2n) is 8.17. The molecular formula is C23H28FN3O5S. The van der Waals surface area contributed by atoms with Gasteiger partial charge in [0.1, 0.15) is 5.82 Å². The van der Waals surface area contributed by atoms with Gasteiger partial charge in [0, 0.05) is 44.8 Å². The molecule has 0 aliphatic carbocycles. The number of nitrogens with one attached hydrogen (secondary N) is 2. The van der Waals surface area contributed by atoms with E-state index in [-0.39, 0.29) is 34.1 Å². The van der Waals surface area contributed by atoms with Crippen LogP contribution in [0.4, 0.5) is 4.39 Å². The molecule has 0 atom stereocenters. The summed E-state index contributed by atoms with van der Waals surface area (Å²) in [5.74, 6) is -1.26. The molecule has 0 bridgehead atoms. The summed E-state index contributed by atoms with van der Waals surface area (Å²) in [6.07, 6.45) is 1.36. The van der Waals surface area contributed by atoms with E-state index in [1.165, 1.54) is 50.5 Å². The average Bonchev–Trinajstić information content (AvgIpc) is 2.82. The zero-order chi connectivity index (χ0) is 24.1. The van der Waals surface area contributed by atoms with Crippen LogP contribution in [0.15, 0.2) is 53.4 Å². The maximum absolute atomic E-state index is 13.4. The average molecular weight is 478 g/mol. The molecule has 1 aliphatic heterocycles. The zero-order valence-corrected chi connectivity index (χ0v) is 19.5. The van der Waals surface area contributed by atoms with E-state index >= 15 is 0 Å². The summed E-state index contributed by atoms with van der Waals surface area (Å²) in [5.41, 5.74) is 0.689. The molecule has 0 saturated carbocycles. The van der Waals surface area contributed by atoms with Crippen LogP contribution in [-0.2, 0) is 25.0 Å². The number of carbonyl (C=O) groups excluding carboxylic acids is 2. The minimum absolute atomic E-state index is 0.00893. The van der Waals surface area contributed by atoms with Crippen molar-refractivity contribution in [2.45, 2.75) is 23.2 Å². The van der Waals surface area contributed by atoms with Crippen molar-refractivity contribution < 1.29 is 27.1 Å². The van der Waals surface area contributed by atoms with Crippen molar-refractivity contribution in [3.63, 3.8) is 0 Å². The van der Waals surface area contributed by atoms with E-state index in [0.717, 1.165) is 9.87 Å². The predicted octanol–water partition coefficient (Wildman–Crippen LogP) is 1.67. The van der Waals surface area contributed by atoms with E-state index in [9.17, 15) is 22.4 Å². The second kappa shape index (κ2) is 10.4. The molecule has 0 aromatic heterocycles. The lowest BCUT2D eigenvalue weighted by Crippen LogP contribution is -2.47. The number of hydrogen-bond donors (Lipinski definition) is 2. The molecule has 8 nitrogen and oxygen atoms in total. The number of nitrogens with zero attached hydrogens (tertiary/aromatic N) is 1. The Morgan fingerprint density at radius 3 is 2.36 bits per heavy atom. The fourth-order valence-corrected chi connectivity index (χ4v) is 4.68. The highest BCUT2D eigenvalue weighted by molar-refractivity contribution is 7.89. The van der Waals surface area contributed by atoms with E-state index in [1.807, 2.05) is 0 Å². The van der Waals surface area contributed by atoms with Gasteiger partial charge in [-0.15, -0.1) is 0 Å². The number of carbonyl (C=O) groups is 2. The molecule has 2 aromatic rings. The number of rotatable bonds is 8.